The SMILES string of the molecule is CCCN(C)C(=O)c1ccc(B2OC(C)(C)C(C)(C)O2)c(C(=O)OC)n1. The van der Waals surface area contributed by atoms with Crippen molar-refractivity contribution in [2.24, 2.45) is 0 Å². The fourth-order valence-electron chi connectivity index (χ4n) is 2.64. The molecule has 0 radical (unpaired) electrons. The van der Waals surface area contributed by atoms with E-state index < -0.39 is 24.3 Å². The number of hydrogen-bond acceptors (Lipinski definition) is 6. The first-order valence-corrected chi connectivity index (χ1v) is 8.74. The topological polar surface area (TPSA) is 78.0 Å². The van der Waals surface area contributed by atoms with Crippen molar-refractivity contribution in [3.8, 4) is 0 Å². The molecular formula is C18H27BN2O5. The molecule has 1 aliphatic rings. The van der Waals surface area contributed by atoms with Crippen LogP contribution in [0.15, 0.2) is 12.1 Å². The molecule has 1 aromatic heterocycles. The van der Waals surface area contributed by atoms with E-state index in [4.69, 9.17) is 14.0 Å². The lowest BCUT2D eigenvalue weighted by Crippen LogP contribution is -2.41. The van der Waals surface area contributed by atoms with Gasteiger partial charge in [-0.05, 0) is 40.2 Å². The molecule has 0 aromatic carbocycles. The number of pyridine rings is 1. The van der Waals surface area contributed by atoms with Crippen LogP contribution in [0.2, 0.25) is 0 Å². The molecule has 1 aromatic rings. The van der Waals surface area contributed by atoms with Gasteiger partial charge in [-0.15, -0.1) is 0 Å². The maximum absolute atomic E-state index is 12.5. The Morgan fingerprint density at radius 1 is 1.19 bits per heavy atom. The molecule has 0 aliphatic carbocycles. The third-order valence-electron chi connectivity index (χ3n) is 4.94. The Balaban J connectivity index is 2.42. The number of amides is 1. The zero-order valence-corrected chi connectivity index (χ0v) is 16.6. The Morgan fingerprint density at radius 3 is 2.27 bits per heavy atom. The molecule has 0 spiro atoms. The second-order valence-corrected chi connectivity index (χ2v) is 7.44. The van der Waals surface area contributed by atoms with Gasteiger partial charge in [-0.25, -0.2) is 9.78 Å². The molecule has 142 valence electrons. The summed E-state index contributed by atoms with van der Waals surface area (Å²) < 4.78 is 16.9. The largest absolute Gasteiger partial charge is 0.497 e. The zero-order valence-electron chi connectivity index (χ0n) is 16.6. The number of methoxy groups -OCH3 is 1. The Morgan fingerprint density at radius 2 is 1.77 bits per heavy atom. The van der Waals surface area contributed by atoms with Crippen molar-refractivity contribution in [1.82, 2.24) is 9.88 Å². The fraction of sp³-hybridized carbons (Fsp3) is 0.611. The molecule has 2 rings (SSSR count). The second-order valence-electron chi connectivity index (χ2n) is 7.44. The molecule has 8 heteroatoms. The van der Waals surface area contributed by atoms with Crippen molar-refractivity contribution in [3.05, 3.63) is 23.5 Å². The molecule has 1 saturated heterocycles. The first-order valence-electron chi connectivity index (χ1n) is 8.74. The smallest absolute Gasteiger partial charge is 0.464 e. The Bertz CT molecular complexity index is 689. The number of hydrogen-bond donors (Lipinski definition) is 0. The van der Waals surface area contributed by atoms with Crippen molar-refractivity contribution in [2.75, 3.05) is 20.7 Å². The standard InChI is InChI=1S/C18H27BN2O5/c1-8-11-21(6)15(22)13-10-9-12(14(20-13)16(23)24-7)19-25-17(2,3)18(4,5)26-19/h9-10H,8,11H2,1-7H3. The number of aromatic nitrogens is 1. The van der Waals surface area contributed by atoms with Gasteiger partial charge in [0.25, 0.3) is 5.91 Å². The van der Waals surface area contributed by atoms with Crippen LogP contribution in [0.5, 0.6) is 0 Å². The average Bonchev–Trinajstić information content (AvgIpc) is 2.80. The molecular weight excluding hydrogens is 335 g/mol. The molecule has 0 bridgehead atoms. The van der Waals surface area contributed by atoms with E-state index in [1.807, 2.05) is 34.6 Å². The number of nitrogens with zero attached hydrogens (tertiary/aromatic N) is 2. The van der Waals surface area contributed by atoms with E-state index in [9.17, 15) is 9.59 Å². The van der Waals surface area contributed by atoms with Crippen molar-refractivity contribution >= 4 is 24.5 Å². The summed E-state index contributed by atoms with van der Waals surface area (Å²) in [6.45, 7) is 10.3. The van der Waals surface area contributed by atoms with Gasteiger partial charge in [0.15, 0.2) is 0 Å². The predicted molar refractivity (Wildman–Crippen MR) is 98.5 cm³/mol. The maximum atomic E-state index is 12.5. The maximum Gasteiger partial charge on any atom is 0.497 e. The normalized spacial score (nSPS) is 17.9. The number of rotatable bonds is 5. The van der Waals surface area contributed by atoms with E-state index >= 15 is 0 Å². The van der Waals surface area contributed by atoms with E-state index in [1.165, 1.54) is 7.11 Å². The van der Waals surface area contributed by atoms with Crippen LogP contribution in [0.25, 0.3) is 0 Å². The van der Waals surface area contributed by atoms with Crippen molar-refractivity contribution in [2.45, 2.75) is 52.2 Å². The van der Waals surface area contributed by atoms with Crippen LogP contribution in [0.4, 0.5) is 0 Å². The highest BCUT2D eigenvalue weighted by atomic mass is 16.7. The minimum Gasteiger partial charge on any atom is -0.464 e. The number of ether oxygens (including phenoxy) is 1. The summed E-state index contributed by atoms with van der Waals surface area (Å²) in [5.74, 6) is -0.889. The van der Waals surface area contributed by atoms with Crippen LogP contribution in [-0.2, 0) is 14.0 Å². The lowest BCUT2D eigenvalue weighted by molar-refractivity contribution is 0.00578. The molecule has 0 N–H and O–H groups in total. The van der Waals surface area contributed by atoms with E-state index in [0.717, 1.165) is 6.42 Å². The van der Waals surface area contributed by atoms with Crippen LogP contribution in [-0.4, -0.2) is 60.8 Å². The summed E-state index contributed by atoms with van der Waals surface area (Å²) in [7, 11) is 2.21. The number of carbonyl (C=O) groups is 2. The van der Waals surface area contributed by atoms with Gasteiger partial charge in [0, 0.05) is 19.1 Å². The highest BCUT2D eigenvalue weighted by Gasteiger charge is 2.52. The molecule has 7 nitrogen and oxygen atoms in total. The minimum absolute atomic E-state index is 0.0294. The highest BCUT2D eigenvalue weighted by molar-refractivity contribution is 6.63. The third kappa shape index (κ3) is 3.76. The lowest BCUT2D eigenvalue weighted by Gasteiger charge is -2.32. The van der Waals surface area contributed by atoms with Crippen LogP contribution in [0, 0.1) is 0 Å². The van der Waals surface area contributed by atoms with E-state index in [-0.39, 0.29) is 17.3 Å². The van der Waals surface area contributed by atoms with Gasteiger partial charge < -0.3 is 18.9 Å². The number of carbonyl (C=O) groups excluding carboxylic acids is 2. The van der Waals surface area contributed by atoms with Gasteiger partial charge in [0.1, 0.15) is 11.4 Å². The second kappa shape index (κ2) is 7.36. The summed E-state index contributed by atoms with van der Waals surface area (Å²) in [4.78, 5) is 30.6. The van der Waals surface area contributed by atoms with Crippen molar-refractivity contribution in [3.63, 3.8) is 0 Å². The van der Waals surface area contributed by atoms with Crippen LogP contribution in [0.3, 0.4) is 0 Å². The average molecular weight is 362 g/mol. The van der Waals surface area contributed by atoms with Gasteiger partial charge >= 0.3 is 13.1 Å². The molecule has 26 heavy (non-hydrogen) atoms. The van der Waals surface area contributed by atoms with Gasteiger partial charge in [-0.1, -0.05) is 13.0 Å². The predicted octanol–water partition coefficient (Wildman–Crippen LogP) is 1.65. The lowest BCUT2D eigenvalue weighted by atomic mass is 9.77. The summed E-state index contributed by atoms with van der Waals surface area (Å²) in [6, 6.07) is 3.23. The first kappa shape index (κ1) is 20.4. The summed E-state index contributed by atoms with van der Waals surface area (Å²) in [6.07, 6.45) is 0.831. The molecule has 0 unspecified atom stereocenters. The Kier molecular flexibility index (Phi) is 5.77. The van der Waals surface area contributed by atoms with E-state index in [1.54, 1.807) is 24.1 Å². The first-order chi connectivity index (χ1) is 12.0. The van der Waals surface area contributed by atoms with Crippen molar-refractivity contribution < 1.29 is 23.6 Å². The zero-order chi connectivity index (χ0) is 19.7. The van der Waals surface area contributed by atoms with Crippen LogP contribution in [0.1, 0.15) is 62.0 Å². The summed E-state index contributed by atoms with van der Waals surface area (Å²) in [5, 5.41) is 0. The Labute approximate surface area is 155 Å². The number of esters is 1. The summed E-state index contributed by atoms with van der Waals surface area (Å²) >= 11 is 0. The van der Waals surface area contributed by atoms with Gasteiger partial charge in [0.2, 0.25) is 0 Å². The highest BCUT2D eigenvalue weighted by Crippen LogP contribution is 2.36. The summed E-state index contributed by atoms with van der Waals surface area (Å²) in [5.41, 5.74) is -0.449. The molecule has 1 fully saturated rings. The monoisotopic (exact) mass is 362 g/mol. The molecule has 0 atom stereocenters. The molecule has 2 heterocycles. The van der Waals surface area contributed by atoms with Crippen LogP contribution >= 0.6 is 0 Å². The molecule has 1 aliphatic heterocycles. The van der Waals surface area contributed by atoms with Crippen LogP contribution < -0.4 is 5.46 Å². The molecule has 1 amide bonds. The third-order valence-corrected chi connectivity index (χ3v) is 4.94. The molecule has 0 saturated carbocycles. The van der Waals surface area contributed by atoms with Gasteiger partial charge in [0.05, 0.1) is 18.3 Å². The van der Waals surface area contributed by atoms with Gasteiger partial charge in [-0.3, -0.25) is 4.79 Å². The van der Waals surface area contributed by atoms with Crippen molar-refractivity contribution in [1.29, 1.82) is 0 Å². The minimum atomic E-state index is -0.765. The van der Waals surface area contributed by atoms with E-state index in [2.05, 4.69) is 4.98 Å². The van der Waals surface area contributed by atoms with Gasteiger partial charge in [-0.2, -0.15) is 0 Å². The fourth-order valence-corrected chi connectivity index (χ4v) is 2.64. The quantitative estimate of drug-likeness (QED) is 0.586. The Hall–Kier alpha value is -1.93. The van der Waals surface area contributed by atoms with E-state index in [0.29, 0.717) is 12.0 Å².